The van der Waals surface area contributed by atoms with E-state index in [0.29, 0.717) is 19.3 Å². The number of hydrogen-bond donors (Lipinski definition) is 1. The maximum absolute atomic E-state index is 11.9. The van der Waals surface area contributed by atoms with Crippen LogP contribution in [0.3, 0.4) is 0 Å². The van der Waals surface area contributed by atoms with Crippen LogP contribution in [0.2, 0.25) is 0 Å². The summed E-state index contributed by atoms with van der Waals surface area (Å²) >= 11 is 0. The van der Waals surface area contributed by atoms with Crippen LogP contribution in [0.5, 0.6) is 0 Å². The van der Waals surface area contributed by atoms with Gasteiger partial charge in [0, 0.05) is 18.7 Å². The van der Waals surface area contributed by atoms with Crippen LogP contribution in [0.4, 0.5) is 5.69 Å². The van der Waals surface area contributed by atoms with E-state index in [1.165, 1.54) is 6.33 Å². The molecule has 0 aliphatic heterocycles. The maximum atomic E-state index is 11.9. The third-order valence-electron chi connectivity index (χ3n) is 2.99. The molecule has 5 heteroatoms. The minimum atomic E-state index is 0.171. The number of nitrogens with two attached hydrogens (primary N) is 1. The monoisotopic (exact) mass is 258 g/mol. The standard InChI is InChI=1S/C14H18N4O/c1-2-18-14(16-10-17-18)9-13(19)7-6-11-4-3-5-12(15)8-11/h3-5,8,10H,2,6-7,9,15H2,1H3. The molecule has 0 unspecified atom stereocenters. The van der Waals surface area contributed by atoms with Gasteiger partial charge < -0.3 is 5.73 Å². The number of aryl methyl sites for hydroxylation is 2. The first-order valence-corrected chi connectivity index (χ1v) is 6.42. The average Bonchev–Trinajstić information content (AvgIpc) is 2.84. The zero-order valence-electron chi connectivity index (χ0n) is 11.0. The zero-order chi connectivity index (χ0) is 13.7. The lowest BCUT2D eigenvalue weighted by Gasteiger charge is -2.04. The Labute approximate surface area is 112 Å². The van der Waals surface area contributed by atoms with Crippen molar-refractivity contribution in [3.05, 3.63) is 42.0 Å². The number of carbonyl (C=O) groups excluding carboxylic acids is 1. The van der Waals surface area contributed by atoms with Gasteiger partial charge in [-0.15, -0.1) is 0 Å². The number of benzene rings is 1. The fraction of sp³-hybridized carbons (Fsp3) is 0.357. The molecule has 1 aromatic heterocycles. The number of nitrogen functional groups attached to an aromatic ring is 1. The largest absolute Gasteiger partial charge is 0.399 e. The van der Waals surface area contributed by atoms with E-state index < -0.39 is 0 Å². The molecule has 2 aromatic rings. The highest BCUT2D eigenvalue weighted by atomic mass is 16.1. The maximum Gasteiger partial charge on any atom is 0.140 e. The SMILES string of the molecule is CCn1ncnc1CC(=O)CCc1cccc(N)c1. The molecular weight excluding hydrogens is 240 g/mol. The summed E-state index contributed by atoms with van der Waals surface area (Å²) < 4.78 is 1.75. The molecule has 2 N–H and O–H groups in total. The summed E-state index contributed by atoms with van der Waals surface area (Å²) in [5, 5.41) is 4.05. The Bertz CT molecular complexity index is 562. The lowest BCUT2D eigenvalue weighted by Crippen LogP contribution is -2.11. The van der Waals surface area contributed by atoms with E-state index in [4.69, 9.17) is 5.73 Å². The van der Waals surface area contributed by atoms with Crippen molar-refractivity contribution >= 4 is 11.5 Å². The highest BCUT2D eigenvalue weighted by Gasteiger charge is 2.09. The minimum Gasteiger partial charge on any atom is -0.399 e. The molecule has 0 spiro atoms. The van der Waals surface area contributed by atoms with E-state index in [9.17, 15) is 4.79 Å². The van der Waals surface area contributed by atoms with Crippen molar-refractivity contribution in [2.75, 3.05) is 5.73 Å². The first-order valence-electron chi connectivity index (χ1n) is 6.42. The van der Waals surface area contributed by atoms with Crippen molar-refractivity contribution in [1.29, 1.82) is 0 Å². The summed E-state index contributed by atoms with van der Waals surface area (Å²) in [6.45, 7) is 2.72. The Hall–Kier alpha value is -2.17. The van der Waals surface area contributed by atoms with Crippen molar-refractivity contribution in [3.8, 4) is 0 Å². The second-order valence-electron chi connectivity index (χ2n) is 4.45. The van der Waals surface area contributed by atoms with Gasteiger partial charge in [-0.2, -0.15) is 5.10 Å². The van der Waals surface area contributed by atoms with Crippen LogP contribution in [-0.2, 0) is 24.2 Å². The molecule has 0 fully saturated rings. The Morgan fingerprint density at radius 1 is 1.42 bits per heavy atom. The van der Waals surface area contributed by atoms with E-state index in [0.717, 1.165) is 23.6 Å². The summed E-state index contributed by atoms with van der Waals surface area (Å²) in [5.74, 6) is 0.908. The van der Waals surface area contributed by atoms with Gasteiger partial charge in [0.15, 0.2) is 0 Å². The molecule has 0 aliphatic carbocycles. The van der Waals surface area contributed by atoms with Crippen LogP contribution >= 0.6 is 0 Å². The number of nitrogens with zero attached hydrogens (tertiary/aromatic N) is 3. The van der Waals surface area contributed by atoms with E-state index in [1.807, 2.05) is 31.2 Å². The number of anilines is 1. The predicted octanol–water partition coefficient (Wildman–Crippen LogP) is 1.62. The first kappa shape index (κ1) is 13.3. The van der Waals surface area contributed by atoms with Crippen LogP contribution in [0.25, 0.3) is 0 Å². The lowest BCUT2D eigenvalue weighted by molar-refractivity contribution is -0.118. The molecule has 1 heterocycles. The van der Waals surface area contributed by atoms with E-state index >= 15 is 0 Å². The van der Waals surface area contributed by atoms with Gasteiger partial charge in [-0.3, -0.25) is 4.79 Å². The smallest absolute Gasteiger partial charge is 0.140 e. The molecule has 0 saturated heterocycles. The van der Waals surface area contributed by atoms with Crippen LogP contribution < -0.4 is 5.73 Å². The summed E-state index contributed by atoms with van der Waals surface area (Å²) in [6, 6.07) is 7.64. The van der Waals surface area contributed by atoms with Gasteiger partial charge in [0.1, 0.15) is 17.9 Å². The third-order valence-corrected chi connectivity index (χ3v) is 2.99. The second-order valence-corrected chi connectivity index (χ2v) is 4.45. The number of aromatic nitrogens is 3. The van der Waals surface area contributed by atoms with Crippen molar-refractivity contribution in [2.45, 2.75) is 32.7 Å². The highest BCUT2D eigenvalue weighted by molar-refractivity contribution is 5.80. The van der Waals surface area contributed by atoms with E-state index in [-0.39, 0.29) is 5.78 Å². The van der Waals surface area contributed by atoms with Gasteiger partial charge in [0.25, 0.3) is 0 Å². The lowest BCUT2D eigenvalue weighted by atomic mass is 10.1. The Kier molecular flexibility index (Phi) is 4.28. The zero-order valence-corrected chi connectivity index (χ0v) is 11.0. The Morgan fingerprint density at radius 2 is 2.26 bits per heavy atom. The van der Waals surface area contributed by atoms with E-state index in [2.05, 4.69) is 10.1 Å². The minimum absolute atomic E-state index is 0.171. The summed E-state index contributed by atoms with van der Waals surface area (Å²) in [7, 11) is 0. The average molecular weight is 258 g/mol. The van der Waals surface area contributed by atoms with Gasteiger partial charge in [-0.05, 0) is 31.0 Å². The summed E-state index contributed by atoms with van der Waals surface area (Å²) in [4.78, 5) is 16.0. The van der Waals surface area contributed by atoms with Crippen LogP contribution in [-0.4, -0.2) is 20.5 Å². The molecule has 0 aliphatic rings. The quantitative estimate of drug-likeness (QED) is 0.799. The van der Waals surface area contributed by atoms with Crippen LogP contribution in [0, 0.1) is 0 Å². The fourth-order valence-electron chi connectivity index (χ4n) is 1.99. The number of carbonyl (C=O) groups is 1. The molecule has 0 saturated carbocycles. The molecule has 5 nitrogen and oxygen atoms in total. The molecule has 0 atom stereocenters. The fourth-order valence-corrected chi connectivity index (χ4v) is 1.99. The molecule has 0 amide bonds. The van der Waals surface area contributed by atoms with Crippen molar-refractivity contribution in [2.24, 2.45) is 0 Å². The predicted molar refractivity (Wildman–Crippen MR) is 73.6 cm³/mol. The number of rotatable bonds is 6. The van der Waals surface area contributed by atoms with E-state index in [1.54, 1.807) is 4.68 Å². The van der Waals surface area contributed by atoms with Crippen LogP contribution in [0.1, 0.15) is 24.7 Å². The van der Waals surface area contributed by atoms with Gasteiger partial charge in [0.2, 0.25) is 0 Å². The van der Waals surface area contributed by atoms with Crippen molar-refractivity contribution in [1.82, 2.24) is 14.8 Å². The molecule has 2 rings (SSSR count). The molecule has 0 bridgehead atoms. The van der Waals surface area contributed by atoms with Crippen LogP contribution in [0.15, 0.2) is 30.6 Å². The van der Waals surface area contributed by atoms with Crippen molar-refractivity contribution < 1.29 is 4.79 Å². The molecule has 100 valence electrons. The normalized spacial score (nSPS) is 10.6. The summed E-state index contributed by atoms with van der Waals surface area (Å²) in [5.41, 5.74) is 7.53. The van der Waals surface area contributed by atoms with Crippen molar-refractivity contribution in [3.63, 3.8) is 0 Å². The Balaban J connectivity index is 1.88. The molecule has 1 aromatic carbocycles. The van der Waals surface area contributed by atoms with Gasteiger partial charge in [0.05, 0.1) is 6.42 Å². The third kappa shape index (κ3) is 3.64. The second kappa shape index (κ2) is 6.13. The first-order chi connectivity index (χ1) is 9.19. The molecule has 19 heavy (non-hydrogen) atoms. The number of Topliss-reactive ketones (excluding diaryl/α,β-unsaturated/α-hetero) is 1. The number of ketones is 1. The summed E-state index contributed by atoms with van der Waals surface area (Å²) in [6.07, 6.45) is 3.05. The highest BCUT2D eigenvalue weighted by Crippen LogP contribution is 2.09. The van der Waals surface area contributed by atoms with Gasteiger partial charge >= 0.3 is 0 Å². The topological polar surface area (TPSA) is 73.8 Å². The molecule has 0 radical (unpaired) electrons. The van der Waals surface area contributed by atoms with Gasteiger partial charge in [-0.1, -0.05) is 12.1 Å². The number of hydrogen-bond acceptors (Lipinski definition) is 4. The molecular formula is C14H18N4O. The Morgan fingerprint density at radius 3 is 3.00 bits per heavy atom. The van der Waals surface area contributed by atoms with Gasteiger partial charge in [-0.25, -0.2) is 9.67 Å².